The third-order valence-corrected chi connectivity index (χ3v) is 2.92. The summed E-state index contributed by atoms with van der Waals surface area (Å²) in [5, 5.41) is 3.95. The van der Waals surface area contributed by atoms with E-state index in [0.29, 0.717) is 5.71 Å². The molecule has 2 aromatic rings. The predicted molar refractivity (Wildman–Crippen MR) is 84.8 cm³/mol. The summed E-state index contributed by atoms with van der Waals surface area (Å²) in [5.41, 5.74) is 3.66. The molecule has 0 aromatic heterocycles. The Morgan fingerprint density at radius 2 is 1.43 bits per heavy atom. The Labute approximate surface area is 124 Å². The molecule has 0 spiro atoms. The van der Waals surface area contributed by atoms with Crippen molar-refractivity contribution in [3.05, 3.63) is 77.9 Å². The van der Waals surface area contributed by atoms with Crippen molar-refractivity contribution in [3.63, 3.8) is 0 Å². The van der Waals surface area contributed by atoms with Gasteiger partial charge < -0.3 is 4.84 Å². The maximum atomic E-state index is 11.0. The first kappa shape index (κ1) is 14.7. The maximum Gasteiger partial charge on any atom is 0.332 e. The second-order valence-corrected chi connectivity index (χ2v) is 4.62. The number of rotatable bonds is 4. The van der Waals surface area contributed by atoms with Gasteiger partial charge in [0.15, 0.2) is 0 Å². The van der Waals surface area contributed by atoms with Crippen LogP contribution in [0.1, 0.15) is 25.0 Å². The van der Waals surface area contributed by atoms with Gasteiger partial charge in [-0.05, 0) is 24.1 Å². The Morgan fingerprint density at radius 3 is 1.95 bits per heavy atom. The monoisotopic (exact) mass is 279 g/mol. The minimum atomic E-state index is -0.436. The number of carbonyl (C=O) groups is 1. The van der Waals surface area contributed by atoms with Crippen molar-refractivity contribution in [2.75, 3.05) is 0 Å². The first-order chi connectivity index (χ1) is 10.2. The quantitative estimate of drug-likeness (QED) is 0.481. The zero-order valence-corrected chi connectivity index (χ0v) is 12.1. The number of oxime groups is 1. The van der Waals surface area contributed by atoms with Gasteiger partial charge in [0.2, 0.25) is 0 Å². The van der Waals surface area contributed by atoms with Crippen LogP contribution in [0.3, 0.4) is 0 Å². The topological polar surface area (TPSA) is 38.7 Å². The molecule has 0 aliphatic heterocycles. The number of hydrogen-bond donors (Lipinski definition) is 0. The minimum absolute atomic E-state index is 0.436. The molecule has 0 aliphatic carbocycles. The van der Waals surface area contributed by atoms with Gasteiger partial charge in [-0.15, -0.1) is 0 Å². The number of allylic oxidation sites excluding steroid dienone is 2. The minimum Gasteiger partial charge on any atom is -0.318 e. The molecule has 0 heterocycles. The third kappa shape index (κ3) is 4.42. The molecule has 106 valence electrons. The van der Waals surface area contributed by atoms with Crippen molar-refractivity contribution in [2.24, 2.45) is 5.16 Å². The summed E-state index contributed by atoms with van der Waals surface area (Å²) >= 11 is 0. The molecule has 2 rings (SSSR count). The smallest absolute Gasteiger partial charge is 0.318 e. The first-order valence-electron chi connectivity index (χ1n) is 6.71. The van der Waals surface area contributed by atoms with Crippen molar-refractivity contribution in [2.45, 2.75) is 13.8 Å². The molecular weight excluding hydrogens is 262 g/mol. The van der Waals surface area contributed by atoms with E-state index in [9.17, 15) is 4.79 Å². The predicted octanol–water partition coefficient (Wildman–Crippen LogP) is 4.06. The first-order valence-corrected chi connectivity index (χ1v) is 6.71. The summed E-state index contributed by atoms with van der Waals surface area (Å²) < 4.78 is 0. The summed E-state index contributed by atoms with van der Waals surface area (Å²) in [6, 6.07) is 19.6. The molecule has 0 amide bonds. The van der Waals surface area contributed by atoms with E-state index >= 15 is 0 Å². The molecule has 0 unspecified atom stereocenters. The second-order valence-electron chi connectivity index (χ2n) is 4.62. The van der Waals surface area contributed by atoms with Crippen LogP contribution in [-0.4, -0.2) is 11.7 Å². The molecule has 0 fully saturated rings. The van der Waals surface area contributed by atoms with E-state index in [0.717, 1.165) is 16.7 Å². The highest BCUT2D eigenvalue weighted by Gasteiger charge is 2.04. The lowest BCUT2D eigenvalue weighted by atomic mass is 10.0. The Bertz CT molecular complexity index is 658. The second kappa shape index (κ2) is 7.20. The van der Waals surface area contributed by atoms with Crippen LogP contribution in [0.5, 0.6) is 0 Å². The van der Waals surface area contributed by atoms with Gasteiger partial charge in [-0.2, -0.15) is 0 Å². The highest BCUT2D eigenvalue weighted by atomic mass is 16.7. The van der Waals surface area contributed by atoms with Gasteiger partial charge in [0.25, 0.3) is 0 Å². The van der Waals surface area contributed by atoms with Gasteiger partial charge in [-0.25, -0.2) is 4.79 Å². The SMILES string of the molecule is CC(=O)O/N=C(\C=C(/C)c1ccccc1)c1ccccc1. The molecule has 3 nitrogen and oxygen atoms in total. The average Bonchev–Trinajstić information content (AvgIpc) is 2.52. The fourth-order valence-electron chi connectivity index (χ4n) is 1.87. The third-order valence-electron chi connectivity index (χ3n) is 2.92. The van der Waals surface area contributed by atoms with Gasteiger partial charge in [0.05, 0.1) is 0 Å². The van der Waals surface area contributed by atoms with Gasteiger partial charge in [-0.3, -0.25) is 0 Å². The number of nitrogens with zero attached hydrogens (tertiary/aromatic N) is 1. The lowest BCUT2D eigenvalue weighted by molar-refractivity contribution is -0.140. The van der Waals surface area contributed by atoms with E-state index in [1.54, 1.807) is 0 Å². The van der Waals surface area contributed by atoms with Gasteiger partial charge in [0.1, 0.15) is 5.71 Å². The van der Waals surface area contributed by atoms with Gasteiger partial charge in [0, 0.05) is 12.5 Å². The summed E-state index contributed by atoms with van der Waals surface area (Å²) in [4.78, 5) is 15.8. The average molecular weight is 279 g/mol. The maximum absolute atomic E-state index is 11.0. The number of carbonyl (C=O) groups excluding carboxylic acids is 1. The van der Waals surface area contributed by atoms with Crippen LogP contribution >= 0.6 is 0 Å². The van der Waals surface area contributed by atoms with Crippen LogP contribution in [0.25, 0.3) is 5.57 Å². The Kier molecular flexibility index (Phi) is 5.04. The van der Waals surface area contributed by atoms with Crippen molar-refractivity contribution in [1.82, 2.24) is 0 Å². The number of hydrogen-bond acceptors (Lipinski definition) is 3. The van der Waals surface area contributed by atoms with E-state index in [4.69, 9.17) is 4.84 Å². The van der Waals surface area contributed by atoms with Gasteiger partial charge >= 0.3 is 5.97 Å². The Balaban J connectivity index is 2.37. The van der Waals surface area contributed by atoms with Crippen LogP contribution in [0.15, 0.2) is 71.9 Å². The normalized spacial score (nSPS) is 12.1. The van der Waals surface area contributed by atoms with E-state index in [1.807, 2.05) is 73.7 Å². The van der Waals surface area contributed by atoms with Crippen molar-refractivity contribution in [1.29, 1.82) is 0 Å². The summed E-state index contributed by atoms with van der Waals surface area (Å²) in [6.07, 6.45) is 1.91. The molecule has 2 aromatic carbocycles. The zero-order valence-electron chi connectivity index (χ0n) is 12.1. The van der Waals surface area contributed by atoms with Crippen LogP contribution in [0.2, 0.25) is 0 Å². The largest absolute Gasteiger partial charge is 0.332 e. The van der Waals surface area contributed by atoms with Gasteiger partial charge in [-0.1, -0.05) is 65.8 Å². The van der Waals surface area contributed by atoms with Crippen molar-refractivity contribution < 1.29 is 9.63 Å². The van der Waals surface area contributed by atoms with E-state index in [1.165, 1.54) is 6.92 Å². The standard InChI is InChI=1S/C18H17NO2/c1-14(16-9-5-3-6-10-16)13-18(19-21-15(2)20)17-11-7-4-8-12-17/h3-13H,1-2H3/b14-13+,19-18+. The van der Waals surface area contributed by atoms with E-state index < -0.39 is 5.97 Å². The summed E-state index contributed by atoms with van der Waals surface area (Å²) in [7, 11) is 0. The van der Waals surface area contributed by atoms with Crippen LogP contribution in [0, 0.1) is 0 Å². The molecule has 3 heteroatoms. The van der Waals surface area contributed by atoms with Crippen molar-refractivity contribution in [3.8, 4) is 0 Å². The molecule has 21 heavy (non-hydrogen) atoms. The Hall–Kier alpha value is -2.68. The van der Waals surface area contributed by atoms with Crippen molar-refractivity contribution >= 4 is 17.3 Å². The van der Waals surface area contributed by atoms with E-state index in [-0.39, 0.29) is 0 Å². The molecule has 0 atom stereocenters. The number of benzene rings is 2. The molecule has 0 aliphatic rings. The van der Waals surface area contributed by atoms with E-state index in [2.05, 4.69) is 5.16 Å². The summed E-state index contributed by atoms with van der Waals surface area (Å²) in [5.74, 6) is -0.436. The fourth-order valence-corrected chi connectivity index (χ4v) is 1.87. The zero-order chi connectivity index (χ0) is 15.1. The molecule has 0 saturated carbocycles. The molecular formula is C18H17NO2. The lowest BCUT2D eigenvalue weighted by Gasteiger charge is -2.05. The van der Waals surface area contributed by atoms with Crippen LogP contribution in [-0.2, 0) is 9.63 Å². The molecule has 0 radical (unpaired) electrons. The Morgan fingerprint density at radius 1 is 0.905 bits per heavy atom. The molecule has 0 bridgehead atoms. The fraction of sp³-hybridized carbons (Fsp3) is 0.111. The highest BCUT2D eigenvalue weighted by Crippen LogP contribution is 2.15. The van der Waals surface area contributed by atoms with Crippen LogP contribution in [0.4, 0.5) is 0 Å². The summed E-state index contributed by atoms with van der Waals surface area (Å²) in [6.45, 7) is 3.33. The highest BCUT2D eigenvalue weighted by molar-refractivity contribution is 6.12. The van der Waals surface area contributed by atoms with Crippen LogP contribution < -0.4 is 0 Å². The molecule has 0 saturated heterocycles. The lowest BCUT2D eigenvalue weighted by Crippen LogP contribution is -2.01. The molecule has 0 N–H and O–H groups in total.